The van der Waals surface area contributed by atoms with E-state index in [1.165, 1.54) is 5.56 Å². The average molecular weight is 303 g/mol. The van der Waals surface area contributed by atoms with Gasteiger partial charge in [0.25, 0.3) is 0 Å². The highest BCUT2D eigenvalue weighted by Gasteiger charge is 2.39. The van der Waals surface area contributed by atoms with Gasteiger partial charge in [0.2, 0.25) is 0 Å². The molecule has 6 nitrogen and oxygen atoms in total. The van der Waals surface area contributed by atoms with Crippen molar-refractivity contribution in [3.8, 4) is 0 Å². The van der Waals surface area contributed by atoms with Gasteiger partial charge in [-0.3, -0.25) is 4.98 Å². The minimum Gasteiger partial charge on any atom is -0.382 e. The Morgan fingerprint density at radius 1 is 1.32 bits per heavy atom. The SMILES string of the molecule is CC(C)(O)c1cc(CC2(NCc3ccncc3)COC2)no1. The van der Waals surface area contributed by atoms with Crippen LogP contribution >= 0.6 is 0 Å². The Balaban J connectivity index is 1.65. The molecular weight excluding hydrogens is 282 g/mol. The van der Waals surface area contributed by atoms with Crippen LogP contribution in [0.3, 0.4) is 0 Å². The minimum atomic E-state index is -1.01. The molecule has 0 atom stereocenters. The van der Waals surface area contributed by atoms with Gasteiger partial charge >= 0.3 is 0 Å². The van der Waals surface area contributed by atoms with Crippen molar-refractivity contribution in [2.45, 2.75) is 38.0 Å². The topological polar surface area (TPSA) is 80.4 Å². The van der Waals surface area contributed by atoms with Gasteiger partial charge in [-0.05, 0) is 31.5 Å². The van der Waals surface area contributed by atoms with E-state index in [0.29, 0.717) is 25.4 Å². The summed E-state index contributed by atoms with van der Waals surface area (Å²) in [4.78, 5) is 4.02. The Morgan fingerprint density at radius 3 is 2.59 bits per heavy atom. The first-order valence-corrected chi connectivity index (χ1v) is 7.37. The quantitative estimate of drug-likeness (QED) is 0.839. The molecule has 0 unspecified atom stereocenters. The Bertz CT molecular complexity index is 615. The lowest BCUT2D eigenvalue weighted by atomic mass is 9.90. The summed E-state index contributed by atoms with van der Waals surface area (Å²) >= 11 is 0. The highest BCUT2D eigenvalue weighted by molar-refractivity contribution is 5.16. The van der Waals surface area contributed by atoms with Gasteiger partial charge in [-0.25, -0.2) is 0 Å². The van der Waals surface area contributed by atoms with Crippen LogP contribution in [0.2, 0.25) is 0 Å². The first-order chi connectivity index (χ1) is 10.5. The van der Waals surface area contributed by atoms with E-state index in [4.69, 9.17) is 9.26 Å². The first kappa shape index (κ1) is 15.1. The predicted molar refractivity (Wildman–Crippen MR) is 80.1 cm³/mol. The Hall–Kier alpha value is -1.76. The molecule has 0 aliphatic carbocycles. The highest BCUT2D eigenvalue weighted by atomic mass is 16.5. The van der Waals surface area contributed by atoms with E-state index in [1.807, 2.05) is 18.2 Å². The van der Waals surface area contributed by atoms with Gasteiger partial charge in [0.1, 0.15) is 5.60 Å². The normalized spacial score (nSPS) is 17.2. The van der Waals surface area contributed by atoms with Crippen molar-refractivity contribution in [3.05, 3.63) is 47.6 Å². The van der Waals surface area contributed by atoms with Crippen LogP contribution in [0.1, 0.15) is 30.9 Å². The van der Waals surface area contributed by atoms with Crippen LogP contribution in [-0.4, -0.2) is 34.0 Å². The minimum absolute atomic E-state index is 0.128. The lowest BCUT2D eigenvalue weighted by molar-refractivity contribution is -0.0755. The van der Waals surface area contributed by atoms with Crippen molar-refractivity contribution in [3.63, 3.8) is 0 Å². The van der Waals surface area contributed by atoms with E-state index in [2.05, 4.69) is 15.5 Å². The summed E-state index contributed by atoms with van der Waals surface area (Å²) in [6.07, 6.45) is 4.28. The number of hydrogen-bond donors (Lipinski definition) is 2. The molecule has 2 N–H and O–H groups in total. The summed E-state index contributed by atoms with van der Waals surface area (Å²) in [5, 5.41) is 17.6. The molecule has 0 spiro atoms. The zero-order valence-electron chi connectivity index (χ0n) is 12.9. The van der Waals surface area contributed by atoms with Crippen LogP contribution in [0.25, 0.3) is 0 Å². The molecule has 0 radical (unpaired) electrons. The standard InChI is InChI=1S/C16H21N3O3/c1-15(2,20)14-7-13(19-22-14)8-16(10-21-11-16)18-9-12-3-5-17-6-4-12/h3-7,18,20H,8-11H2,1-2H3. The van der Waals surface area contributed by atoms with Gasteiger partial charge in [0.15, 0.2) is 5.76 Å². The van der Waals surface area contributed by atoms with Gasteiger partial charge in [0, 0.05) is 31.4 Å². The molecule has 2 aromatic heterocycles. The fraction of sp³-hybridized carbons (Fsp3) is 0.500. The summed E-state index contributed by atoms with van der Waals surface area (Å²) in [6.45, 7) is 5.40. The van der Waals surface area contributed by atoms with Crippen molar-refractivity contribution in [2.75, 3.05) is 13.2 Å². The lowest BCUT2D eigenvalue weighted by Crippen LogP contribution is -2.61. The Morgan fingerprint density at radius 2 is 2.05 bits per heavy atom. The van der Waals surface area contributed by atoms with E-state index in [1.54, 1.807) is 26.2 Å². The molecule has 22 heavy (non-hydrogen) atoms. The molecule has 3 heterocycles. The van der Waals surface area contributed by atoms with Crippen molar-refractivity contribution < 1.29 is 14.4 Å². The van der Waals surface area contributed by atoms with Crippen LogP contribution in [0, 0.1) is 0 Å². The molecule has 0 aromatic carbocycles. The Labute approximate surface area is 129 Å². The third-order valence-electron chi connectivity index (χ3n) is 3.86. The second-order valence-electron chi connectivity index (χ2n) is 6.40. The maximum Gasteiger partial charge on any atom is 0.167 e. The fourth-order valence-electron chi connectivity index (χ4n) is 2.44. The zero-order valence-corrected chi connectivity index (χ0v) is 12.9. The van der Waals surface area contributed by atoms with Crippen molar-refractivity contribution in [1.82, 2.24) is 15.5 Å². The number of nitrogens with zero attached hydrogens (tertiary/aromatic N) is 2. The summed E-state index contributed by atoms with van der Waals surface area (Å²) in [5.41, 5.74) is 0.858. The van der Waals surface area contributed by atoms with Crippen LogP contribution in [-0.2, 0) is 23.3 Å². The van der Waals surface area contributed by atoms with E-state index in [0.717, 1.165) is 12.2 Å². The van der Waals surface area contributed by atoms with Gasteiger partial charge in [-0.2, -0.15) is 0 Å². The number of ether oxygens (including phenoxy) is 1. The largest absolute Gasteiger partial charge is 0.382 e. The highest BCUT2D eigenvalue weighted by Crippen LogP contribution is 2.26. The maximum atomic E-state index is 9.94. The Kier molecular flexibility index (Phi) is 3.99. The number of nitrogens with one attached hydrogen (secondary N) is 1. The third kappa shape index (κ3) is 3.35. The first-order valence-electron chi connectivity index (χ1n) is 7.37. The van der Waals surface area contributed by atoms with Gasteiger partial charge in [0.05, 0.1) is 24.4 Å². The van der Waals surface area contributed by atoms with Crippen molar-refractivity contribution in [2.24, 2.45) is 0 Å². The molecule has 0 bridgehead atoms. The number of aliphatic hydroxyl groups is 1. The second-order valence-corrected chi connectivity index (χ2v) is 6.40. The van der Waals surface area contributed by atoms with Crippen molar-refractivity contribution >= 4 is 0 Å². The molecular formula is C16H21N3O3. The lowest BCUT2D eigenvalue weighted by Gasteiger charge is -2.42. The summed E-state index contributed by atoms with van der Waals surface area (Å²) < 4.78 is 10.6. The van der Waals surface area contributed by atoms with Gasteiger partial charge in [-0.1, -0.05) is 5.16 Å². The molecule has 3 rings (SSSR count). The van der Waals surface area contributed by atoms with Crippen LogP contribution in [0.15, 0.2) is 35.1 Å². The number of rotatable bonds is 6. The monoisotopic (exact) mass is 303 g/mol. The molecule has 118 valence electrons. The molecule has 6 heteroatoms. The second kappa shape index (κ2) is 5.79. The molecule has 1 aliphatic rings. The number of hydrogen-bond acceptors (Lipinski definition) is 6. The van der Waals surface area contributed by atoms with E-state index in [-0.39, 0.29) is 5.54 Å². The smallest absolute Gasteiger partial charge is 0.167 e. The molecule has 1 aliphatic heterocycles. The molecule has 0 saturated carbocycles. The summed E-state index contributed by atoms with van der Waals surface area (Å²) in [6, 6.07) is 5.79. The number of pyridine rings is 1. The molecule has 1 saturated heterocycles. The maximum absolute atomic E-state index is 9.94. The third-order valence-corrected chi connectivity index (χ3v) is 3.86. The van der Waals surface area contributed by atoms with Crippen LogP contribution in [0.4, 0.5) is 0 Å². The van der Waals surface area contributed by atoms with Crippen LogP contribution < -0.4 is 5.32 Å². The molecule has 2 aromatic rings. The fourth-order valence-corrected chi connectivity index (χ4v) is 2.44. The zero-order chi connectivity index (χ0) is 15.6. The predicted octanol–water partition coefficient (Wildman–Crippen LogP) is 1.40. The van der Waals surface area contributed by atoms with Crippen LogP contribution in [0.5, 0.6) is 0 Å². The van der Waals surface area contributed by atoms with Crippen molar-refractivity contribution in [1.29, 1.82) is 0 Å². The van der Waals surface area contributed by atoms with E-state index < -0.39 is 5.60 Å². The van der Waals surface area contributed by atoms with Gasteiger partial charge in [-0.15, -0.1) is 0 Å². The summed E-state index contributed by atoms with van der Waals surface area (Å²) in [7, 11) is 0. The van der Waals surface area contributed by atoms with E-state index >= 15 is 0 Å². The molecule has 1 fully saturated rings. The molecule has 0 amide bonds. The average Bonchev–Trinajstić information content (AvgIpc) is 2.91. The summed E-state index contributed by atoms with van der Waals surface area (Å²) in [5.74, 6) is 0.479. The van der Waals surface area contributed by atoms with E-state index in [9.17, 15) is 5.11 Å². The van der Waals surface area contributed by atoms with Gasteiger partial charge < -0.3 is 19.7 Å². The number of aromatic nitrogens is 2.